The molecule has 0 fully saturated rings. The fraction of sp³-hybridized carbons (Fsp3) is 0.0909. The maximum Gasteiger partial charge on any atom is 0.170 e. The van der Waals surface area contributed by atoms with Crippen molar-refractivity contribution in [3.05, 3.63) is 52.3 Å². The van der Waals surface area contributed by atoms with Crippen LogP contribution in [0.2, 0.25) is 0 Å². The lowest BCUT2D eigenvalue weighted by molar-refractivity contribution is 0.318. The SMILES string of the molecule is N/C(=N\O)c1ccccc1Cn1cc(Br)cn1. The smallest absolute Gasteiger partial charge is 0.170 e. The molecule has 0 saturated heterocycles. The highest BCUT2D eigenvalue weighted by atomic mass is 79.9. The Kier molecular flexibility index (Phi) is 3.43. The fourth-order valence-corrected chi connectivity index (χ4v) is 1.89. The second-order valence-corrected chi connectivity index (χ2v) is 4.41. The number of oxime groups is 1. The highest BCUT2D eigenvalue weighted by molar-refractivity contribution is 9.10. The highest BCUT2D eigenvalue weighted by Gasteiger charge is 2.07. The first-order valence-corrected chi connectivity index (χ1v) is 5.74. The Morgan fingerprint density at radius 2 is 2.24 bits per heavy atom. The summed E-state index contributed by atoms with van der Waals surface area (Å²) in [7, 11) is 0. The molecule has 0 bridgehead atoms. The van der Waals surface area contributed by atoms with E-state index in [4.69, 9.17) is 10.9 Å². The third kappa shape index (κ3) is 2.65. The Morgan fingerprint density at radius 1 is 1.47 bits per heavy atom. The van der Waals surface area contributed by atoms with E-state index in [1.54, 1.807) is 10.9 Å². The minimum Gasteiger partial charge on any atom is -0.409 e. The van der Waals surface area contributed by atoms with Gasteiger partial charge in [-0.2, -0.15) is 5.10 Å². The molecule has 0 aliphatic carbocycles. The molecule has 0 atom stereocenters. The summed E-state index contributed by atoms with van der Waals surface area (Å²) in [4.78, 5) is 0. The van der Waals surface area contributed by atoms with Gasteiger partial charge < -0.3 is 10.9 Å². The highest BCUT2D eigenvalue weighted by Crippen LogP contribution is 2.12. The monoisotopic (exact) mass is 294 g/mol. The third-order valence-electron chi connectivity index (χ3n) is 2.34. The molecule has 0 saturated carbocycles. The van der Waals surface area contributed by atoms with Gasteiger partial charge in [-0.1, -0.05) is 29.4 Å². The number of nitrogens with two attached hydrogens (primary N) is 1. The molecule has 0 amide bonds. The van der Waals surface area contributed by atoms with Crippen molar-refractivity contribution in [2.75, 3.05) is 0 Å². The van der Waals surface area contributed by atoms with Gasteiger partial charge in [-0.05, 0) is 21.5 Å². The van der Waals surface area contributed by atoms with Crippen LogP contribution >= 0.6 is 15.9 Å². The van der Waals surface area contributed by atoms with E-state index in [2.05, 4.69) is 26.2 Å². The van der Waals surface area contributed by atoms with Gasteiger partial charge in [0.1, 0.15) is 0 Å². The summed E-state index contributed by atoms with van der Waals surface area (Å²) in [5, 5.41) is 15.9. The molecule has 0 spiro atoms. The Bertz CT molecular complexity index is 550. The largest absolute Gasteiger partial charge is 0.409 e. The molecular formula is C11H11BrN4O. The van der Waals surface area contributed by atoms with Gasteiger partial charge in [0, 0.05) is 11.8 Å². The van der Waals surface area contributed by atoms with Crippen LogP contribution in [-0.2, 0) is 6.54 Å². The summed E-state index contributed by atoms with van der Waals surface area (Å²) in [6.45, 7) is 0.567. The first-order chi connectivity index (χ1) is 8.20. The van der Waals surface area contributed by atoms with E-state index in [0.29, 0.717) is 12.1 Å². The zero-order valence-corrected chi connectivity index (χ0v) is 10.5. The van der Waals surface area contributed by atoms with Crippen molar-refractivity contribution in [2.24, 2.45) is 10.9 Å². The van der Waals surface area contributed by atoms with Crippen LogP contribution < -0.4 is 5.73 Å². The molecule has 0 unspecified atom stereocenters. The number of halogens is 1. The average Bonchev–Trinajstić information content (AvgIpc) is 2.74. The molecule has 1 aromatic heterocycles. The minimum atomic E-state index is 0.104. The number of nitrogens with zero attached hydrogens (tertiary/aromatic N) is 3. The lowest BCUT2D eigenvalue weighted by Gasteiger charge is -2.07. The zero-order chi connectivity index (χ0) is 12.3. The molecule has 0 aliphatic heterocycles. The van der Waals surface area contributed by atoms with Crippen molar-refractivity contribution >= 4 is 21.8 Å². The lowest BCUT2D eigenvalue weighted by Crippen LogP contribution is -2.16. The van der Waals surface area contributed by atoms with E-state index >= 15 is 0 Å². The van der Waals surface area contributed by atoms with Gasteiger partial charge in [0.05, 0.1) is 17.2 Å². The molecule has 1 heterocycles. The average molecular weight is 295 g/mol. The van der Waals surface area contributed by atoms with E-state index in [-0.39, 0.29) is 5.84 Å². The summed E-state index contributed by atoms with van der Waals surface area (Å²) in [6.07, 6.45) is 3.58. The van der Waals surface area contributed by atoms with Gasteiger partial charge in [0.15, 0.2) is 5.84 Å². The van der Waals surface area contributed by atoms with Crippen LogP contribution in [-0.4, -0.2) is 20.8 Å². The van der Waals surface area contributed by atoms with Crippen molar-refractivity contribution in [3.63, 3.8) is 0 Å². The summed E-state index contributed by atoms with van der Waals surface area (Å²) < 4.78 is 2.69. The quantitative estimate of drug-likeness (QED) is 0.392. The molecule has 6 heteroatoms. The van der Waals surface area contributed by atoms with Crippen LogP contribution in [0.25, 0.3) is 0 Å². The molecular weight excluding hydrogens is 284 g/mol. The van der Waals surface area contributed by atoms with E-state index in [1.165, 1.54) is 0 Å². The molecule has 0 radical (unpaired) electrons. The van der Waals surface area contributed by atoms with Crippen LogP contribution in [0.4, 0.5) is 0 Å². The number of rotatable bonds is 3. The zero-order valence-electron chi connectivity index (χ0n) is 8.92. The van der Waals surface area contributed by atoms with Gasteiger partial charge in [-0.3, -0.25) is 4.68 Å². The van der Waals surface area contributed by atoms with Gasteiger partial charge >= 0.3 is 0 Å². The van der Waals surface area contributed by atoms with Crippen molar-refractivity contribution in [1.29, 1.82) is 0 Å². The standard InChI is InChI=1S/C11H11BrN4O/c12-9-5-14-16(7-9)6-8-3-1-2-4-10(8)11(13)15-17/h1-5,7,17H,6H2,(H2,13,15). The molecule has 1 aromatic carbocycles. The molecule has 2 aromatic rings. The summed E-state index contributed by atoms with van der Waals surface area (Å²) in [5.41, 5.74) is 7.27. The Labute approximate surface area is 107 Å². The number of hydrogen-bond donors (Lipinski definition) is 2. The number of aromatic nitrogens is 2. The summed E-state index contributed by atoms with van der Waals surface area (Å²) in [5.74, 6) is 0.104. The number of hydrogen-bond acceptors (Lipinski definition) is 3. The maximum absolute atomic E-state index is 8.72. The van der Waals surface area contributed by atoms with E-state index in [9.17, 15) is 0 Å². The van der Waals surface area contributed by atoms with Crippen molar-refractivity contribution in [1.82, 2.24) is 9.78 Å². The molecule has 2 rings (SSSR count). The Balaban J connectivity index is 2.32. The maximum atomic E-state index is 8.72. The topological polar surface area (TPSA) is 76.4 Å². The third-order valence-corrected chi connectivity index (χ3v) is 2.74. The second-order valence-electron chi connectivity index (χ2n) is 3.50. The lowest BCUT2D eigenvalue weighted by atomic mass is 10.1. The normalized spacial score (nSPS) is 11.7. The van der Waals surface area contributed by atoms with E-state index < -0.39 is 0 Å². The summed E-state index contributed by atoms with van der Waals surface area (Å²) >= 11 is 3.33. The van der Waals surface area contributed by atoms with E-state index in [0.717, 1.165) is 10.0 Å². The molecule has 5 nitrogen and oxygen atoms in total. The van der Waals surface area contributed by atoms with Gasteiger partial charge in [-0.25, -0.2) is 0 Å². The Morgan fingerprint density at radius 3 is 2.88 bits per heavy atom. The van der Waals surface area contributed by atoms with Crippen LogP contribution in [0.5, 0.6) is 0 Å². The fourth-order valence-electron chi connectivity index (χ4n) is 1.56. The molecule has 3 N–H and O–H groups in total. The van der Waals surface area contributed by atoms with Gasteiger partial charge in [0.2, 0.25) is 0 Å². The second kappa shape index (κ2) is 5.01. The first-order valence-electron chi connectivity index (χ1n) is 4.94. The number of amidine groups is 1. The van der Waals surface area contributed by atoms with E-state index in [1.807, 2.05) is 30.5 Å². The predicted octanol–water partition coefficient (Wildman–Crippen LogP) is 1.79. The number of benzene rings is 1. The summed E-state index contributed by atoms with van der Waals surface area (Å²) in [6, 6.07) is 7.48. The van der Waals surface area contributed by atoms with Crippen LogP contribution in [0.1, 0.15) is 11.1 Å². The molecule has 88 valence electrons. The van der Waals surface area contributed by atoms with Crippen LogP contribution in [0, 0.1) is 0 Å². The van der Waals surface area contributed by atoms with Crippen LogP contribution in [0.3, 0.4) is 0 Å². The van der Waals surface area contributed by atoms with Crippen LogP contribution in [0.15, 0.2) is 46.3 Å². The van der Waals surface area contributed by atoms with Crippen molar-refractivity contribution in [2.45, 2.75) is 6.54 Å². The van der Waals surface area contributed by atoms with Gasteiger partial charge in [0.25, 0.3) is 0 Å². The Hall–Kier alpha value is -1.82. The minimum absolute atomic E-state index is 0.104. The van der Waals surface area contributed by atoms with Gasteiger partial charge in [-0.15, -0.1) is 0 Å². The first kappa shape index (κ1) is 11.7. The van der Waals surface area contributed by atoms with Crippen molar-refractivity contribution in [3.8, 4) is 0 Å². The molecule has 17 heavy (non-hydrogen) atoms. The molecule has 0 aliphatic rings. The predicted molar refractivity (Wildman–Crippen MR) is 68.0 cm³/mol. The van der Waals surface area contributed by atoms with Crippen molar-refractivity contribution < 1.29 is 5.21 Å².